The van der Waals surface area contributed by atoms with Crippen molar-refractivity contribution in [3.05, 3.63) is 47.3 Å². The van der Waals surface area contributed by atoms with Crippen LogP contribution >= 0.6 is 11.6 Å². The molecule has 1 atom stereocenters. The minimum absolute atomic E-state index is 0.147. The van der Waals surface area contributed by atoms with E-state index in [1.165, 1.54) is 6.07 Å². The van der Waals surface area contributed by atoms with E-state index >= 15 is 0 Å². The lowest BCUT2D eigenvalue weighted by Crippen LogP contribution is -2.45. The van der Waals surface area contributed by atoms with E-state index < -0.39 is 0 Å². The Morgan fingerprint density at radius 3 is 2.76 bits per heavy atom. The van der Waals surface area contributed by atoms with Crippen molar-refractivity contribution in [3.63, 3.8) is 0 Å². The average Bonchev–Trinajstić information content (AvgIpc) is 2.49. The van der Waals surface area contributed by atoms with E-state index in [9.17, 15) is 4.39 Å². The molecule has 1 N–H and O–H groups in total. The van der Waals surface area contributed by atoms with E-state index in [0.29, 0.717) is 5.02 Å². The Morgan fingerprint density at radius 1 is 1.33 bits per heavy atom. The third-order valence-corrected chi connectivity index (χ3v) is 4.28. The molecule has 0 radical (unpaired) electrons. The summed E-state index contributed by atoms with van der Waals surface area (Å²) < 4.78 is 14.3. The summed E-state index contributed by atoms with van der Waals surface area (Å²) in [6, 6.07) is 5.21. The summed E-state index contributed by atoms with van der Waals surface area (Å²) in [5.41, 5.74) is 0.778. The van der Waals surface area contributed by atoms with E-state index in [2.05, 4.69) is 16.8 Å². The van der Waals surface area contributed by atoms with Gasteiger partial charge in [0.25, 0.3) is 0 Å². The molecule has 2 nitrogen and oxygen atoms in total. The van der Waals surface area contributed by atoms with E-state index in [-0.39, 0.29) is 11.9 Å². The molecule has 1 aromatic rings. The number of piperazine rings is 1. The monoisotopic (exact) mass is 310 g/mol. The molecule has 0 spiro atoms. The van der Waals surface area contributed by atoms with E-state index in [4.69, 9.17) is 11.6 Å². The lowest BCUT2D eigenvalue weighted by atomic mass is 9.97. The second-order valence-corrected chi connectivity index (χ2v) is 5.98. The first-order valence-corrected chi connectivity index (χ1v) is 8.11. The van der Waals surface area contributed by atoms with E-state index in [0.717, 1.165) is 57.4 Å². The summed E-state index contributed by atoms with van der Waals surface area (Å²) in [7, 11) is 0. The largest absolute Gasteiger partial charge is 0.314 e. The van der Waals surface area contributed by atoms with Gasteiger partial charge in [-0.15, -0.1) is 6.58 Å². The predicted octanol–water partition coefficient (Wildman–Crippen LogP) is 4.17. The van der Waals surface area contributed by atoms with Gasteiger partial charge >= 0.3 is 0 Å². The average molecular weight is 311 g/mol. The van der Waals surface area contributed by atoms with Gasteiger partial charge in [0.15, 0.2) is 0 Å². The Balaban J connectivity index is 2.11. The normalized spacial score (nSPS) is 17.6. The quantitative estimate of drug-likeness (QED) is 0.600. The van der Waals surface area contributed by atoms with Crippen molar-refractivity contribution in [2.45, 2.75) is 31.7 Å². The fraction of sp³-hybridized carbons (Fsp3) is 0.529. The van der Waals surface area contributed by atoms with Crippen molar-refractivity contribution >= 4 is 11.6 Å². The van der Waals surface area contributed by atoms with Crippen molar-refractivity contribution in [1.29, 1.82) is 0 Å². The number of allylic oxidation sites excluding steroid dienone is 1. The highest BCUT2D eigenvalue weighted by Gasteiger charge is 2.24. The molecule has 0 aliphatic carbocycles. The van der Waals surface area contributed by atoms with Crippen molar-refractivity contribution in [3.8, 4) is 0 Å². The fourth-order valence-electron chi connectivity index (χ4n) is 2.93. The molecule has 116 valence electrons. The van der Waals surface area contributed by atoms with Crippen LogP contribution in [0.5, 0.6) is 0 Å². The Kier molecular flexibility index (Phi) is 6.68. The van der Waals surface area contributed by atoms with Gasteiger partial charge in [0.1, 0.15) is 5.82 Å². The molecule has 2 rings (SSSR count). The highest BCUT2D eigenvalue weighted by molar-refractivity contribution is 6.30. The molecule has 1 fully saturated rings. The maximum Gasteiger partial charge on any atom is 0.129 e. The summed E-state index contributed by atoms with van der Waals surface area (Å²) in [5.74, 6) is -0.185. The third-order valence-electron chi connectivity index (χ3n) is 4.05. The molecular weight excluding hydrogens is 287 g/mol. The number of nitrogens with one attached hydrogen (secondary N) is 1. The summed E-state index contributed by atoms with van der Waals surface area (Å²) in [4.78, 5) is 2.39. The van der Waals surface area contributed by atoms with Crippen molar-refractivity contribution < 1.29 is 4.39 Å². The van der Waals surface area contributed by atoms with Gasteiger partial charge in [-0.25, -0.2) is 4.39 Å². The number of unbranched alkanes of at least 4 members (excludes halogenated alkanes) is 2. The number of benzene rings is 1. The lowest BCUT2D eigenvalue weighted by Gasteiger charge is -2.35. The van der Waals surface area contributed by atoms with Crippen LogP contribution in [0.25, 0.3) is 0 Å². The summed E-state index contributed by atoms with van der Waals surface area (Å²) >= 11 is 5.88. The highest BCUT2D eigenvalue weighted by Crippen LogP contribution is 2.30. The predicted molar refractivity (Wildman–Crippen MR) is 87.3 cm³/mol. The topological polar surface area (TPSA) is 15.3 Å². The van der Waals surface area contributed by atoms with Crippen molar-refractivity contribution in [1.82, 2.24) is 10.2 Å². The van der Waals surface area contributed by atoms with Crippen molar-refractivity contribution in [2.24, 2.45) is 0 Å². The van der Waals surface area contributed by atoms with Crippen LogP contribution < -0.4 is 5.32 Å². The molecule has 0 saturated carbocycles. The van der Waals surface area contributed by atoms with Crippen LogP contribution in [-0.4, -0.2) is 31.1 Å². The van der Waals surface area contributed by atoms with Gasteiger partial charge in [0.05, 0.1) is 0 Å². The molecule has 0 aromatic heterocycles. The number of nitrogens with zero attached hydrogens (tertiary/aromatic N) is 1. The van der Waals surface area contributed by atoms with Crippen LogP contribution in [0.1, 0.15) is 37.3 Å². The van der Waals surface area contributed by atoms with Gasteiger partial charge in [0.2, 0.25) is 0 Å². The standard InChI is InChI=1S/C17H24ClFN2/c1-2-3-4-5-6-17(21-11-9-20-10-12-21)15-8-7-14(18)13-16(15)19/h2,7-8,13,17,20H,1,3-6,9-12H2/t17-/m0/s1. The first kappa shape index (κ1) is 16.5. The van der Waals surface area contributed by atoms with Gasteiger partial charge in [-0.05, 0) is 31.4 Å². The molecule has 1 aromatic carbocycles. The summed E-state index contributed by atoms with van der Waals surface area (Å²) in [5, 5.41) is 3.81. The number of halogens is 2. The molecular formula is C17H24ClFN2. The van der Waals surface area contributed by atoms with Crippen LogP contribution in [0.2, 0.25) is 5.02 Å². The Morgan fingerprint density at radius 2 is 2.10 bits per heavy atom. The number of rotatable bonds is 7. The Labute approximate surface area is 132 Å². The molecule has 1 heterocycles. The second kappa shape index (κ2) is 8.52. The maximum absolute atomic E-state index is 14.3. The van der Waals surface area contributed by atoms with Gasteiger partial charge in [-0.2, -0.15) is 0 Å². The van der Waals surface area contributed by atoms with Crippen LogP contribution in [0.4, 0.5) is 4.39 Å². The molecule has 4 heteroatoms. The van der Waals surface area contributed by atoms with Crippen LogP contribution in [0, 0.1) is 5.82 Å². The zero-order chi connectivity index (χ0) is 15.1. The zero-order valence-electron chi connectivity index (χ0n) is 12.5. The van der Waals surface area contributed by atoms with Crippen LogP contribution in [-0.2, 0) is 0 Å². The summed E-state index contributed by atoms with van der Waals surface area (Å²) in [6.07, 6.45) is 6.15. The highest BCUT2D eigenvalue weighted by atomic mass is 35.5. The van der Waals surface area contributed by atoms with Crippen LogP contribution in [0.15, 0.2) is 30.9 Å². The van der Waals surface area contributed by atoms with Crippen LogP contribution in [0.3, 0.4) is 0 Å². The Bertz CT molecular complexity index is 458. The first-order valence-electron chi connectivity index (χ1n) is 7.73. The molecule has 0 unspecified atom stereocenters. The Hall–Kier alpha value is -0.900. The smallest absolute Gasteiger partial charge is 0.129 e. The van der Waals surface area contributed by atoms with Crippen molar-refractivity contribution in [2.75, 3.05) is 26.2 Å². The van der Waals surface area contributed by atoms with E-state index in [1.54, 1.807) is 6.07 Å². The minimum Gasteiger partial charge on any atom is -0.314 e. The minimum atomic E-state index is -0.185. The SMILES string of the molecule is C=CCCCC[C@@H](c1ccc(Cl)cc1F)N1CCNCC1. The fourth-order valence-corrected chi connectivity index (χ4v) is 3.09. The second-order valence-electron chi connectivity index (χ2n) is 5.54. The van der Waals surface area contributed by atoms with E-state index in [1.807, 2.05) is 12.1 Å². The molecule has 0 bridgehead atoms. The third kappa shape index (κ3) is 4.80. The van der Waals surface area contributed by atoms with Gasteiger partial charge < -0.3 is 5.32 Å². The molecule has 1 saturated heterocycles. The molecule has 1 aliphatic rings. The molecule has 1 aliphatic heterocycles. The zero-order valence-corrected chi connectivity index (χ0v) is 13.2. The van der Waals surface area contributed by atoms with Gasteiger partial charge in [-0.1, -0.05) is 30.2 Å². The lowest BCUT2D eigenvalue weighted by molar-refractivity contribution is 0.160. The van der Waals surface area contributed by atoms with Gasteiger partial charge in [0, 0.05) is 42.8 Å². The number of hydrogen-bond acceptors (Lipinski definition) is 2. The molecule has 0 amide bonds. The van der Waals surface area contributed by atoms with Gasteiger partial charge in [-0.3, -0.25) is 4.90 Å². The number of hydrogen-bond donors (Lipinski definition) is 1. The maximum atomic E-state index is 14.3. The first-order chi connectivity index (χ1) is 10.2. The molecule has 21 heavy (non-hydrogen) atoms. The summed E-state index contributed by atoms with van der Waals surface area (Å²) in [6.45, 7) is 7.63.